The molecule has 1 amide bonds. The fourth-order valence-corrected chi connectivity index (χ4v) is 2.14. The van der Waals surface area contributed by atoms with Crippen LogP contribution >= 0.6 is 0 Å². The van der Waals surface area contributed by atoms with Crippen molar-refractivity contribution in [3.8, 4) is 0 Å². The van der Waals surface area contributed by atoms with E-state index >= 15 is 0 Å². The van der Waals surface area contributed by atoms with Crippen LogP contribution in [0.25, 0.3) is 0 Å². The van der Waals surface area contributed by atoms with E-state index < -0.39 is 5.91 Å². The Hall–Kier alpha value is -1.82. The molecule has 1 aromatic rings. The Morgan fingerprint density at radius 3 is 2.89 bits per heavy atom. The molecule has 1 heterocycles. The van der Waals surface area contributed by atoms with Gasteiger partial charge < -0.3 is 16.8 Å². The molecular formula is C13H21N5O. The zero-order valence-corrected chi connectivity index (χ0v) is 11.2. The average Bonchev–Trinajstić information content (AvgIpc) is 3.20. The van der Waals surface area contributed by atoms with E-state index in [4.69, 9.17) is 11.5 Å². The average molecular weight is 263 g/mol. The lowest BCUT2D eigenvalue weighted by atomic mass is 10.2. The molecule has 0 radical (unpaired) electrons. The van der Waals surface area contributed by atoms with Crippen LogP contribution in [0.15, 0.2) is 12.3 Å². The van der Waals surface area contributed by atoms with Gasteiger partial charge >= 0.3 is 0 Å². The van der Waals surface area contributed by atoms with E-state index in [0.29, 0.717) is 17.1 Å². The molecule has 0 atom stereocenters. The van der Waals surface area contributed by atoms with Crippen molar-refractivity contribution in [2.75, 3.05) is 30.7 Å². The zero-order valence-electron chi connectivity index (χ0n) is 11.2. The lowest BCUT2D eigenvalue weighted by molar-refractivity contribution is 0.100. The second-order valence-corrected chi connectivity index (χ2v) is 4.81. The van der Waals surface area contributed by atoms with Crippen molar-refractivity contribution >= 4 is 17.4 Å². The molecular weight excluding hydrogens is 242 g/mol. The summed E-state index contributed by atoms with van der Waals surface area (Å²) in [5, 5.41) is 3.20. The third kappa shape index (κ3) is 3.57. The first-order chi connectivity index (χ1) is 9.11. The molecule has 19 heavy (non-hydrogen) atoms. The van der Waals surface area contributed by atoms with E-state index in [9.17, 15) is 4.79 Å². The SMILES string of the molecule is CCN(CCNc1cc(C(N)=O)c(N)cn1)C1CC1. The highest BCUT2D eigenvalue weighted by Gasteiger charge is 2.27. The maximum absolute atomic E-state index is 11.2. The Bertz CT molecular complexity index is 458. The van der Waals surface area contributed by atoms with Crippen LogP contribution in [0.4, 0.5) is 11.5 Å². The second kappa shape index (κ2) is 5.88. The molecule has 0 saturated heterocycles. The van der Waals surface area contributed by atoms with Crippen molar-refractivity contribution in [1.82, 2.24) is 9.88 Å². The van der Waals surface area contributed by atoms with Crippen LogP contribution in [0.2, 0.25) is 0 Å². The maximum atomic E-state index is 11.2. The number of hydrogen-bond donors (Lipinski definition) is 3. The summed E-state index contributed by atoms with van der Waals surface area (Å²) in [6, 6.07) is 2.36. The number of amides is 1. The predicted octanol–water partition coefficient (Wildman–Crippen LogP) is 0.659. The van der Waals surface area contributed by atoms with E-state index in [1.807, 2.05) is 0 Å². The molecule has 1 fully saturated rings. The van der Waals surface area contributed by atoms with Gasteiger partial charge in [0.1, 0.15) is 5.82 Å². The largest absolute Gasteiger partial charge is 0.397 e. The van der Waals surface area contributed by atoms with Gasteiger partial charge in [-0.05, 0) is 25.5 Å². The monoisotopic (exact) mass is 263 g/mol. The van der Waals surface area contributed by atoms with Gasteiger partial charge in [-0.2, -0.15) is 0 Å². The van der Waals surface area contributed by atoms with Crippen molar-refractivity contribution in [1.29, 1.82) is 0 Å². The van der Waals surface area contributed by atoms with Gasteiger partial charge in [-0.15, -0.1) is 0 Å². The van der Waals surface area contributed by atoms with Gasteiger partial charge in [-0.25, -0.2) is 4.98 Å². The number of nitrogens with one attached hydrogen (secondary N) is 1. The molecule has 6 heteroatoms. The second-order valence-electron chi connectivity index (χ2n) is 4.81. The molecule has 1 aliphatic rings. The van der Waals surface area contributed by atoms with Crippen LogP contribution in [0, 0.1) is 0 Å². The quantitative estimate of drug-likeness (QED) is 0.671. The molecule has 1 saturated carbocycles. The van der Waals surface area contributed by atoms with E-state index in [-0.39, 0.29) is 0 Å². The molecule has 0 aliphatic heterocycles. The van der Waals surface area contributed by atoms with Crippen molar-refractivity contribution in [3.05, 3.63) is 17.8 Å². The highest BCUT2D eigenvalue weighted by Crippen LogP contribution is 2.26. The van der Waals surface area contributed by atoms with Crippen LogP contribution < -0.4 is 16.8 Å². The molecule has 0 unspecified atom stereocenters. The Labute approximate surface area is 113 Å². The van der Waals surface area contributed by atoms with E-state index in [2.05, 4.69) is 22.1 Å². The zero-order chi connectivity index (χ0) is 13.8. The number of nitrogen functional groups attached to an aromatic ring is 1. The van der Waals surface area contributed by atoms with Gasteiger partial charge in [-0.3, -0.25) is 9.69 Å². The fraction of sp³-hybridized carbons (Fsp3) is 0.538. The number of carbonyl (C=O) groups excluding carboxylic acids is 1. The summed E-state index contributed by atoms with van der Waals surface area (Å²) in [5.74, 6) is 0.103. The molecule has 0 bridgehead atoms. The molecule has 6 nitrogen and oxygen atoms in total. The Morgan fingerprint density at radius 1 is 1.58 bits per heavy atom. The maximum Gasteiger partial charge on any atom is 0.250 e. The van der Waals surface area contributed by atoms with Gasteiger partial charge in [0.05, 0.1) is 17.4 Å². The number of nitrogens with two attached hydrogens (primary N) is 2. The molecule has 1 aromatic heterocycles. The smallest absolute Gasteiger partial charge is 0.250 e. The number of anilines is 2. The van der Waals surface area contributed by atoms with Crippen LogP contribution in [0.1, 0.15) is 30.1 Å². The van der Waals surface area contributed by atoms with Crippen molar-refractivity contribution in [3.63, 3.8) is 0 Å². The van der Waals surface area contributed by atoms with Gasteiger partial charge in [0.2, 0.25) is 0 Å². The highest BCUT2D eigenvalue weighted by atomic mass is 16.1. The van der Waals surface area contributed by atoms with Crippen LogP contribution in [0.3, 0.4) is 0 Å². The van der Waals surface area contributed by atoms with Crippen molar-refractivity contribution < 1.29 is 4.79 Å². The van der Waals surface area contributed by atoms with Crippen LogP contribution in [-0.4, -0.2) is 41.5 Å². The lowest BCUT2D eigenvalue weighted by Crippen LogP contribution is -2.31. The van der Waals surface area contributed by atoms with Crippen LogP contribution in [-0.2, 0) is 0 Å². The van der Waals surface area contributed by atoms with Crippen molar-refractivity contribution in [2.24, 2.45) is 5.73 Å². The third-order valence-electron chi connectivity index (χ3n) is 3.37. The Kier molecular flexibility index (Phi) is 4.21. The first-order valence-electron chi connectivity index (χ1n) is 6.65. The van der Waals surface area contributed by atoms with E-state index in [1.54, 1.807) is 6.07 Å². The number of rotatable bonds is 7. The van der Waals surface area contributed by atoms with Gasteiger partial charge in [-0.1, -0.05) is 6.92 Å². The molecule has 104 valence electrons. The van der Waals surface area contributed by atoms with E-state index in [1.165, 1.54) is 19.0 Å². The summed E-state index contributed by atoms with van der Waals surface area (Å²) in [6.07, 6.45) is 4.07. The number of hydrogen-bond acceptors (Lipinski definition) is 5. The number of nitrogens with zero attached hydrogens (tertiary/aromatic N) is 2. The minimum absolute atomic E-state index is 0.311. The number of pyridine rings is 1. The molecule has 5 N–H and O–H groups in total. The molecule has 2 rings (SSSR count). The van der Waals surface area contributed by atoms with Gasteiger partial charge in [0, 0.05) is 19.1 Å². The van der Waals surface area contributed by atoms with Crippen molar-refractivity contribution in [2.45, 2.75) is 25.8 Å². The third-order valence-corrected chi connectivity index (χ3v) is 3.37. The molecule has 0 aromatic carbocycles. The fourth-order valence-electron chi connectivity index (χ4n) is 2.14. The first kappa shape index (κ1) is 13.6. The topological polar surface area (TPSA) is 97.3 Å². The summed E-state index contributed by atoms with van der Waals surface area (Å²) in [4.78, 5) is 17.8. The van der Waals surface area contributed by atoms with Crippen LogP contribution in [0.5, 0.6) is 0 Å². The minimum atomic E-state index is -0.531. The Balaban J connectivity index is 1.88. The summed E-state index contributed by atoms with van der Waals surface area (Å²) >= 11 is 0. The number of primary amides is 1. The van der Waals surface area contributed by atoms with Gasteiger partial charge in [0.15, 0.2) is 0 Å². The normalized spacial score (nSPS) is 14.6. The van der Waals surface area contributed by atoms with Gasteiger partial charge in [0.25, 0.3) is 5.91 Å². The number of carbonyl (C=O) groups is 1. The summed E-state index contributed by atoms with van der Waals surface area (Å²) < 4.78 is 0. The summed E-state index contributed by atoms with van der Waals surface area (Å²) in [7, 11) is 0. The van der Waals surface area contributed by atoms with E-state index in [0.717, 1.165) is 25.7 Å². The molecule has 0 spiro atoms. The number of aromatic nitrogens is 1. The Morgan fingerprint density at radius 2 is 2.32 bits per heavy atom. The number of likely N-dealkylation sites (N-methyl/N-ethyl adjacent to an activating group) is 1. The molecule has 1 aliphatic carbocycles. The predicted molar refractivity (Wildman–Crippen MR) is 75.9 cm³/mol. The first-order valence-corrected chi connectivity index (χ1v) is 6.65. The summed E-state index contributed by atoms with van der Waals surface area (Å²) in [5.41, 5.74) is 11.5. The lowest BCUT2D eigenvalue weighted by Gasteiger charge is -2.20. The summed E-state index contributed by atoms with van der Waals surface area (Å²) in [6.45, 7) is 5.00. The highest BCUT2D eigenvalue weighted by molar-refractivity contribution is 5.98. The standard InChI is InChI=1S/C13H21N5O/c1-2-18(9-3-4-9)6-5-16-12-7-10(13(15)19)11(14)8-17-12/h7-9H,2-6,14H2,1H3,(H2,15,19)(H,16,17). The minimum Gasteiger partial charge on any atom is -0.397 e.